The first kappa shape index (κ1) is 21.1. The predicted octanol–water partition coefficient (Wildman–Crippen LogP) is 3.34. The van der Waals surface area contributed by atoms with Crippen LogP contribution in [0.3, 0.4) is 0 Å². The Kier molecular flexibility index (Phi) is 15.7. The number of hydrogen-bond acceptors (Lipinski definition) is 4. The Morgan fingerprint density at radius 3 is 2.00 bits per heavy atom. The zero-order chi connectivity index (χ0) is 16.5. The van der Waals surface area contributed by atoms with Gasteiger partial charge in [-0.25, -0.2) is 5.06 Å². The van der Waals surface area contributed by atoms with Crippen LogP contribution in [0, 0.1) is 0 Å². The van der Waals surface area contributed by atoms with Gasteiger partial charge in [-0.05, 0) is 32.2 Å². The molecule has 1 amide bonds. The number of hydrogen-bond donors (Lipinski definition) is 2. The zero-order valence-corrected chi connectivity index (χ0v) is 13.9. The second kappa shape index (κ2) is 16.4. The van der Waals surface area contributed by atoms with Crippen molar-refractivity contribution in [2.24, 2.45) is 5.73 Å². The number of nitrogens with zero attached hydrogens (tertiary/aromatic N) is 1. The molecule has 0 heterocycles. The maximum absolute atomic E-state index is 11.7. The number of carbonyl (C=O) groups excluding carboxylic acids is 2. The van der Waals surface area contributed by atoms with E-state index in [0.717, 1.165) is 56.4 Å². The van der Waals surface area contributed by atoms with Gasteiger partial charge in [0.2, 0.25) is 5.91 Å². The van der Waals surface area contributed by atoms with E-state index in [1.165, 1.54) is 19.3 Å². The van der Waals surface area contributed by atoms with Gasteiger partial charge in [-0.1, -0.05) is 44.9 Å². The fourth-order valence-corrected chi connectivity index (χ4v) is 2.37. The Labute approximate surface area is 135 Å². The summed E-state index contributed by atoms with van der Waals surface area (Å²) in [5.74, 6) is -0.169. The van der Waals surface area contributed by atoms with Crippen molar-refractivity contribution < 1.29 is 14.8 Å². The van der Waals surface area contributed by atoms with E-state index < -0.39 is 0 Å². The van der Waals surface area contributed by atoms with Gasteiger partial charge < -0.3 is 5.73 Å². The molecule has 1 radical (unpaired) electrons. The first-order chi connectivity index (χ1) is 10.7. The van der Waals surface area contributed by atoms with Gasteiger partial charge in [0, 0.05) is 19.4 Å². The van der Waals surface area contributed by atoms with Crippen molar-refractivity contribution in [2.45, 2.75) is 83.5 Å². The van der Waals surface area contributed by atoms with Gasteiger partial charge in [0.1, 0.15) is 0 Å². The van der Waals surface area contributed by atoms with E-state index >= 15 is 0 Å². The highest BCUT2D eigenvalue weighted by Gasteiger charge is 2.09. The number of unbranched alkanes of at least 4 members (excludes halogenated alkanes) is 10. The molecule has 0 saturated heterocycles. The molecule has 3 N–H and O–H groups in total. The van der Waals surface area contributed by atoms with Crippen molar-refractivity contribution in [1.29, 1.82) is 0 Å². The zero-order valence-electron chi connectivity index (χ0n) is 13.9. The summed E-state index contributed by atoms with van der Waals surface area (Å²) < 4.78 is 0. The number of carbonyl (C=O) groups is 1. The minimum atomic E-state index is -0.169. The van der Waals surface area contributed by atoms with E-state index in [0.29, 0.717) is 25.9 Å². The van der Waals surface area contributed by atoms with Gasteiger partial charge >= 0.3 is 0 Å². The minimum Gasteiger partial charge on any atom is -0.330 e. The molecular formula is C17H33N2O3. The SMILES string of the molecule is NCCCCCN(O)C(=O)CCCCCCCCCC[C]=O. The standard InChI is InChI=1S/C17H33N2O3/c18-14-10-8-11-15-19(22)17(21)13-9-6-4-2-1-3-5-7-12-16-20/h22H,1-15,18H2. The molecule has 0 aliphatic heterocycles. The van der Waals surface area contributed by atoms with Crippen molar-refractivity contribution in [3.63, 3.8) is 0 Å². The highest BCUT2D eigenvalue weighted by atomic mass is 16.5. The van der Waals surface area contributed by atoms with E-state index in [1.807, 2.05) is 6.29 Å². The lowest BCUT2D eigenvalue weighted by Gasteiger charge is -2.14. The summed E-state index contributed by atoms with van der Waals surface area (Å²) in [7, 11) is 0. The minimum absolute atomic E-state index is 0.169. The lowest BCUT2D eigenvalue weighted by atomic mass is 10.1. The van der Waals surface area contributed by atoms with Gasteiger partial charge in [-0.3, -0.25) is 14.8 Å². The van der Waals surface area contributed by atoms with Crippen LogP contribution in [0.25, 0.3) is 0 Å². The Morgan fingerprint density at radius 2 is 1.41 bits per heavy atom. The third-order valence-corrected chi connectivity index (χ3v) is 3.78. The molecule has 5 nitrogen and oxygen atoms in total. The van der Waals surface area contributed by atoms with Crippen molar-refractivity contribution >= 4 is 12.2 Å². The second-order valence-electron chi connectivity index (χ2n) is 5.84. The molecule has 0 fully saturated rings. The van der Waals surface area contributed by atoms with Crippen LogP contribution in [0.15, 0.2) is 0 Å². The van der Waals surface area contributed by atoms with Gasteiger partial charge in [0.25, 0.3) is 0 Å². The predicted molar refractivity (Wildman–Crippen MR) is 88.3 cm³/mol. The fourth-order valence-electron chi connectivity index (χ4n) is 2.37. The molecule has 0 spiro atoms. The van der Waals surface area contributed by atoms with E-state index in [2.05, 4.69) is 0 Å². The molecule has 0 aliphatic carbocycles. The average Bonchev–Trinajstić information content (AvgIpc) is 2.53. The summed E-state index contributed by atoms with van der Waals surface area (Å²) in [6.07, 6.45) is 14.2. The van der Waals surface area contributed by atoms with E-state index in [1.54, 1.807) is 0 Å². The number of hydroxylamine groups is 2. The van der Waals surface area contributed by atoms with E-state index in [4.69, 9.17) is 5.73 Å². The molecule has 0 unspecified atom stereocenters. The summed E-state index contributed by atoms with van der Waals surface area (Å²) in [6.45, 7) is 1.08. The summed E-state index contributed by atoms with van der Waals surface area (Å²) in [5.41, 5.74) is 5.39. The van der Waals surface area contributed by atoms with Crippen molar-refractivity contribution in [1.82, 2.24) is 5.06 Å². The molecule has 0 aromatic heterocycles. The molecule has 0 atom stereocenters. The van der Waals surface area contributed by atoms with Gasteiger partial charge in [-0.15, -0.1) is 0 Å². The number of rotatable bonds is 16. The summed E-state index contributed by atoms with van der Waals surface area (Å²) >= 11 is 0. The van der Waals surface area contributed by atoms with Crippen LogP contribution in [0.4, 0.5) is 0 Å². The van der Waals surface area contributed by atoms with Crippen LogP contribution >= 0.6 is 0 Å². The molecule has 0 saturated carbocycles. The molecular weight excluding hydrogens is 280 g/mol. The molecule has 0 rings (SSSR count). The normalized spacial score (nSPS) is 10.6. The number of nitrogens with two attached hydrogens (primary N) is 1. The molecule has 22 heavy (non-hydrogen) atoms. The van der Waals surface area contributed by atoms with Gasteiger partial charge in [0.05, 0.1) is 0 Å². The molecule has 129 valence electrons. The Hall–Kier alpha value is -0.940. The van der Waals surface area contributed by atoms with E-state index in [-0.39, 0.29) is 5.91 Å². The van der Waals surface area contributed by atoms with E-state index in [9.17, 15) is 14.8 Å². The third-order valence-electron chi connectivity index (χ3n) is 3.78. The molecule has 5 heteroatoms. The fraction of sp³-hybridized carbons (Fsp3) is 0.882. The van der Waals surface area contributed by atoms with Crippen LogP contribution in [-0.2, 0) is 9.59 Å². The summed E-state index contributed by atoms with van der Waals surface area (Å²) in [6, 6.07) is 0. The topological polar surface area (TPSA) is 83.6 Å². The highest BCUT2D eigenvalue weighted by molar-refractivity contribution is 5.74. The average molecular weight is 313 g/mol. The van der Waals surface area contributed by atoms with Crippen LogP contribution < -0.4 is 5.73 Å². The quantitative estimate of drug-likeness (QED) is 0.260. The lowest BCUT2D eigenvalue weighted by Crippen LogP contribution is -2.28. The number of amides is 1. The Bertz CT molecular complexity index is 273. The largest absolute Gasteiger partial charge is 0.330 e. The summed E-state index contributed by atoms with van der Waals surface area (Å²) in [5, 5.41) is 10.4. The second-order valence-corrected chi connectivity index (χ2v) is 5.84. The van der Waals surface area contributed by atoms with Crippen LogP contribution in [0.5, 0.6) is 0 Å². The van der Waals surface area contributed by atoms with Crippen molar-refractivity contribution in [3.05, 3.63) is 0 Å². The summed E-state index contributed by atoms with van der Waals surface area (Å²) in [4.78, 5) is 21.7. The third kappa shape index (κ3) is 14.0. The molecule has 0 aromatic carbocycles. The smallest absolute Gasteiger partial charge is 0.245 e. The Morgan fingerprint density at radius 1 is 0.864 bits per heavy atom. The van der Waals surface area contributed by atoms with Crippen LogP contribution in [0.2, 0.25) is 0 Å². The molecule has 0 aromatic rings. The van der Waals surface area contributed by atoms with Crippen molar-refractivity contribution in [2.75, 3.05) is 13.1 Å². The highest BCUT2D eigenvalue weighted by Crippen LogP contribution is 2.11. The first-order valence-corrected chi connectivity index (χ1v) is 8.76. The van der Waals surface area contributed by atoms with Crippen LogP contribution in [-0.4, -0.2) is 35.6 Å². The molecule has 0 bridgehead atoms. The lowest BCUT2D eigenvalue weighted by molar-refractivity contribution is -0.165. The van der Waals surface area contributed by atoms with Crippen molar-refractivity contribution in [3.8, 4) is 0 Å². The molecule has 0 aliphatic rings. The van der Waals surface area contributed by atoms with Gasteiger partial charge in [-0.2, -0.15) is 0 Å². The van der Waals surface area contributed by atoms with Gasteiger partial charge in [0.15, 0.2) is 6.29 Å². The maximum Gasteiger partial charge on any atom is 0.245 e. The maximum atomic E-state index is 11.7. The Balaban J connectivity index is 3.31. The monoisotopic (exact) mass is 313 g/mol. The first-order valence-electron chi connectivity index (χ1n) is 8.76. The van der Waals surface area contributed by atoms with Crippen LogP contribution in [0.1, 0.15) is 83.5 Å².